The summed E-state index contributed by atoms with van der Waals surface area (Å²) in [6.45, 7) is 5.92. The lowest BCUT2D eigenvalue weighted by Crippen LogP contribution is -2.44. The normalized spacial score (nSPS) is 15.3. The van der Waals surface area contributed by atoms with E-state index < -0.39 is 7.14 Å². The summed E-state index contributed by atoms with van der Waals surface area (Å²) in [5, 5.41) is 11.7. The number of hydrogen-bond donors (Lipinski definition) is 2. The second-order valence-electron chi connectivity index (χ2n) is 11.2. The van der Waals surface area contributed by atoms with Crippen molar-refractivity contribution in [3.63, 3.8) is 0 Å². The van der Waals surface area contributed by atoms with Crippen LogP contribution in [-0.2, 0) is 21.1 Å². The van der Waals surface area contributed by atoms with Crippen LogP contribution in [-0.4, -0.2) is 89.7 Å². The topological polar surface area (TPSA) is 141 Å². The van der Waals surface area contributed by atoms with Crippen LogP contribution in [0.25, 0.3) is 22.2 Å². The van der Waals surface area contributed by atoms with E-state index in [0.29, 0.717) is 69.5 Å². The molecule has 2 aromatic carbocycles. The van der Waals surface area contributed by atoms with E-state index in [1.807, 2.05) is 43.7 Å². The van der Waals surface area contributed by atoms with Gasteiger partial charge in [-0.2, -0.15) is 10.1 Å². The Morgan fingerprint density at radius 3 is 2.65 bits per heavy atom. The molecule has 0 saturated carbocycles. The van der Waals surface area contributed by atoms with Gasteiger partial charge in [-0.1, -0.05) is 0 Å². The van der Waals surface area contributed by atoms with Crippen LogP contribution in [0, 0.1) is 0 Å². The third kappa shape index (κ3) is 6.70. The van der Waals surface area contributed by atoms with Gasteiger partial charge in [0.2, 0.25) is 5.95 Å². The summed E-state index contributed by atoms with van der Waals surface area (Å²) in [7, 11) is 2.44. The van der Waals surface area contributed by atoms with Gasteiger partial charge in [-0.15, -0.1) is 0 Å². The Morgan fingerprint density at radius 2 is 1.91 bits per heavy atom. The first-order chi connectivity index (χ1) is 22.1. The van der Waals surface area contributed by atoms with Crippen molar-refractivity contribution in [2.24, 2.45) is 7.05 Å². The van der Waals surface area contributed by atoms with Crippen LogP contribution in [0.15, 0.2) is 59.7 Å². The maximum absolute atomic E-state index is 13.4. The predicted octanol–water partition coefficient (Wildman–Crippen LogP) is 5.18. The van der Waals surface area contributed by atoms with E-state index in [-0.39, 0.29) is 6.10 Å². The van der Waals surface area contributed by atoms with Gasteiger partial charge in [0, 0.05) is 74.9 Å². The van der Waals surface area contributed by atoms with Crippen LogP contribution in [0.3, 0.4) is 0 Å². The van der Waals surface area contributed by atoms with Crippen molar-refractivity contribution in [3.05, 3.63) is 59.7 Å². The molecule has 3 aromatic heterocycles. The molecule has 1 atom stereocenters. The minimum absolute atomic E-state index is 0.0455. The van der Waals surface area contributed by atoms with Gasteiger partial charge in [0.15, 0.2) is 0 Å². The predicted molar refractivity (Wildman–Crippen MR) is 184 cm³/mol. The zero-order valence-corrected chi connectivity index (χ0v) is 28.7. The molecule has 15 heteroatoms. The van der Waals surface area contributed by atoms with Crippen molar-refractivity contribution in [2.75, 3.05) is 69.4 Å². The molecule has 1 saturated heterocycles. The van der Waals surface area contributed by atoms with Gasteiger partial charge in [-0.25, -0.2) is 4.98 Å². The Morgan fingerprint density at radius 1 is 1.09 bits per heavy atom. The number of anilines is 5. The summed E-state index contributed by atoms with van der Waals surface area (Å²) in [5.74, 6) is 1.43. The molecule has 0 bridgehead atoms. The Labute approximate surface area is 275 Å². The summed E-state index contributed by atoms with van der Waals surface area (Å²) < 4.78 is 33.0. The summed E-state index contributed by atoms with van der Waals surface area (Å²) >= 11 is 3.57. The van der Waals surface area contributed by atoms with Crippen LogP contribution < -0.4 is 25.6 Å². The molecule has 1 aliphatic heterocycles. The van der Waals surface area contributed by atoms with E-state index in [1.54, 1.807) is 50.8 Å². The molecule has 0 aliphatic carbocycles. The van der Waals surface area contributed by atoms with Crippen molar-refractivity contribution in [1.82, 2.24) is 29.7 Å². The number of benzene rings is 2. The number of ether oxygens (including phenoxy) is 3. The van der Waals surface area contributed by atoms with Crippen LogP contribution >= 0.6 is 23.1 Å². The molecule has 5 aromatic rings. The van der Waals surface area contributed by atoms with Crippen LogP contribution in [0.2, 0.25) is 0 Å². The number of fused-ring (bicyclic) bond motifs is 1. The minimum Gasteiger partial charge on any atom is -0.494 e. The number of rotatable bonds is 10. The fraction of sp³-hybridized carbons (Fsp3) is 0.323. The average molecular weight is 709 g/mol. The summed E-state index contributed by atoms with van der Waals surface area (Å²) in [4.78, 5) is 20.5. The molecular formula is C31H35BrN9O4P. The van der Waals surface area contributed by atoms with Gasteiger partial charge in [0.1, 0.15) is 24.2 Å². The number of morpholine rings is 1. The largest absolute Gasteiger partial charge is 0.494 e. The molecule has 1 unspecified atom stereocenters. The van der Waals surface area contributed by atoms with Crippen LogP contribution in [0.1, 0.15) is 0 Å². The highest BCUT2D eigenvalue weighted by molar-refractivity contribution is 9.10. The van der Waals surface area contributed by atoms with E-state index in [2.05, 4.69) is 51.5 Å². The van der Waals surface area contributed by atoms with Crippen molar-refractivity contribution in [1.29, 1.82) is 0 Å². The number of aryl methyl sites for hydroxylation is 1. The smallest absolute Gasteiger partial charge is 0.229 e. The number of methoxy groups -OCH3 is 2. The Balaban J connectivity index is 1.37. The third-order valence-corrected chi connectivity index (χ3v) is 9.67. The maximum atomic E-state index is 13.4. The highest BCUT2D eigenvalue weighted by atomic mass is 79.9. The van der Waals surface area contributed by atoms with Crippen LogP contribution in [0.5, 0.6) is 5.75 Å². The number of hydrogen-bond acceptors (Lipinski definition) is 12. The summed E-state index contributed by atoms with van der Waals surface area (Å²) in [5.41, 5.74) is 5.47. The van der Waals surface area contributed by atoms with Gasteiger partial charge >= 0.3 is 0 Å². The number of halogens is 1. The molecule has 2 N–H and O–H groups in total. The Hall–Kier alpha value is -4.10. The molecule has 46 heavy (non-hydrogen) atoms. The summed E-state index contributed by atoms with van der Waals surface area (Å²) in [6.07, 6.45) is 8.65. The van der Waals surface area contributed by atoms with Gasteiger partial charge in [-0.05, 0) is 47.5 Å². The zero-order chi connectivity index (χ0) is 32.4. The second kappa shape index (κ2) is 13.3. The lowest BCUT2D eigenvalue weighted by molar-refractivity contribution is -0.01000. The Bertz CT molecular complexity index is 1930. The van der Waals surface area contributed by atoms with Gasteiger partial charge in [-0.3, -0.25) is 14.6 Å². The first kappa shape index (κ1) is 31.9. The molecule has 0 radical (unpaired) electrons. The number of nitrogens with zero attached hydrogens (tertiary/aromatic N) is 7. The SMILES string of the molecule is COCC1CN(c2cc(OC)c(Nc3ncc(Br)c(Nc4ccc5nccnc5c4P(C)(C)=O)n3)cc2-c2cnn(C)c2)CCO1. The lowest BCUT2D eigenvalue weighted by Gasteiger charge is -2.35. The minimum atomic E-state index is -2.77. The van der Waals surface area contributed by atoms with Gasteiger partial charge in [0.25, 0.3) is 0 Å². The molecular weight excluding hydrogens is 673 g/mol. The fourth-order valence-corrected chi connectivity index (χ4v) is 7.23. The maximum Gasteiger partial charge on any atom is 0.229 e. The zero-order valence-electron chi connectivity index (χ0n) is 26.2. The van der Waals surface area contributed by atoms with Crippen LogP contribution in [0.4, 0.5) is 28.8 Å². The highest BCUT2D eigenvalue weighted by Crippen LogP contribution is 2.43. The molecule has 1 aliphatic rings. The van der Waals surface area contributed by atoms with E-state index >= 15 is 0 Å². The third-order valence-electron chi connectivity index (χ3n) is 7.56. The monoisotopic (exact) mass is 707 g/mol. The molecule has 1 fully saturated rings. The van der Waals surface area contributed by atoms with E-state index in [4.69, 9.17) is 19.2 Å². The van der Waals surface area contributed by atoms with Crippen molar-refractivity contribution >= 4 is 68.2 Å². The lowest BCUT2D eigenvalue weighted by atomic mass is 10.0. The van der Waals surface area contributed by atoms with Crippen molar-refractivity contribution < 1.29 is 18.8 Å². The standard InChI is InChI=1S/C31H35BrN9O4P/c1-40-16-19(14-36-40)21-12-25(27(44-3)13-26(21)41-10-11-45-20(17-41)18-43-2)38-31-35-15-22(32)30(39-31)37-24-7-6-23-28(34-9-8-33-23)29(24)46(4,5)42/h6-9,12-16,20H,10-11,17-18H2,1-5H3,(H2,35,37,38,39). The molecule has 0 spiro atoms. The van der Waals surface area contributed by atoms with Gasteiger partial charge < -0.3 is 34.3 Å². The molecule has 13 nitrogen and oxygen atoms in total. The molecule has 4 heterocycles. The van der Waals surface area contributed by atoms with Crippen molar-refractivity contribution in [2.45, 2.75) is 6.10 Å². The van der Waals surface area contributed by atoms with E-state index in [9.17, 15) is 4.57 Å². The van der Waals surface area contributed by atoms with E-state index in [1.165, 1.54) is 0 Å². The van der Waals surface area contributed by atoms with Gasteiger partial charge in [0.05, 0.1) is 59.3 Å². The number of nitrogens with one attached hydrogen (secondary N) is 2. The first-order valence-electron chi connectivity index (χ1n) is 14.6. The Kier molecular flexibility index (Phi) is 9.23. The summed E-state index contributed by atoms with van der Waals surface area (Å²) in [6, 6.07) is 7.73. The van der Waals surface area contributed by atoms with E-state index in [0.717, 1.165) is 23.4 Å². The molecule has 0 amide bonds. The number of aromatic nitrogens is 6. The first-order valence-corrected chi connectivity index (χ1v) is 18.0. The van der Waals surface area contributed by atoms with Crippen molar-refractivity contribution in [3.8, 4) is 16.9 Å². The highest BCUT2D eigenvalue weighted by Gasteiger charge is 2.26. The molecule has 240 valence electrons. The molecule has 6 rings (SSSR count). The fourth-order valence-electron chi connectivity index (χ4n) is 5.54. The second-order valence-corrected chi connectivity index (χ2v) is 15.2. The average Bonchev–Trinajstić information content (AvgIpc) is 3.48. The quantitative estimate of drug-likeness (QED) is 0.185.